The van der Waals surface area contributed by atoms with Gasteiger partial charge in [-0.05, 0) is 103 Å². The van der Waals surface area contributed by atoms with Gasteiger partial charge in [0.25, 0.3) is 0 Å². The molecule has 0 radical (unpaired) electrons. The highest BCUT2D eigenvalue weighted by Gasteiger charge is 2.19. The number of nitrogens with one attached hydrogen (secondary N) is 2. The standard InChI is InChI=1S/C45H30N4/c46-41-27-34(21-24-43(41)49-48-36-22-19-30(20-23-36)35-26-32-11-3-8-16-42(32)47-28-35)45-39-14-6-4-12-37(39)44(38-13-5-7-15-40(38)45)33-18-17-29-9-1-2-10-31(29)25-33/h1-28,46,48H/b46-41?,49-43-. The number of rotatable bonds is 5. The molecule has 1 heterocycles. The Labute approximate surface area is 283 Å². The van der Waals surface area contributed by atoms with Crippen molar-refractivity contribution in [2.24, 2.45) is 5.10 Å². The van der Waals surface area contributed by atoms with Gasteiger partial charge in [0.2, 0.25) is 0 Å². The molecule has 0 saturated heterocycles. The third-order valence-electron chi connectivity index (χ3n) is 9.37. The number of aromatic nitrogens is 1. The molecule has 7 aromatic carbocycles. The van der Waals surface area contributed by atoms with E-state index in [1.165, 1.54) is 32.7 Å². The maximum absolute atomic E-state index is 8.97. The zero-order valence-corrected chi connectivity index (χ0v) is 26.6. The molecule has 0 bridgehead atoms. The summed E-state index contributed by atoms with van der Waals surface area (Å²) in [6.45, 7) is 0. The van der Waals surface area contributed by atoms with Gasteiger partial charge in [-0.3, -0.25) is 15.8 Å². The molecule has 4 heteroatoms. The van der Waals surface area contributed by atoms with Crippen LogP contribution < -0.4 is 5.43 Å². The van der Waals surface area contributed by atoms with Gasteiger partial charge in [-0.25, -0.2) is 0 Å². The first-order valence-electron chi connectivity index (χ1n) is 16.4. The maximum Gasteiger partial charge on any atom is 0.108 e. The Hall–Kier alpha value is -6.65. The number of hydrogen-bond acceptors (Lipinski definition) is 4. The lowest BCUT2D eigenvalue weighted by atomic mass is 9.84. The first kappa shape index (κ1) is 28.6. The summed E-state index contributed by atoms with van der Waals surface area (Å²) >= 11 is 0. The second kappa shape index (κ2) is 11.9. The maximum atomic E-state index is 8.97. The third kappa shape index (κ3) is 5.16. The smallest absolute Gasteiger partial charge is 0.108 e. The first-order valence-corrected chi connectivity index (χ1v) is 16.4. The molecule has 0 saturated carbocycles. The van der Waals surface area contributed by atoms with Crippen molar-refractivity contribution in [3.8, 4) is 22.3 Å². The van der Waals surface area contributed by atoms with E-state index >= 15 is 0 Å². The second-order valence-electron chi connectivity index (χ2n) is 12.4. The Morgan fingerprint density at radius 3 is 1.82 bits per heavy atom. The van der Waals surface area contributed by atoms with E-state index in [0.29, 0.717) is 11.4 Å². The Bertz CT molecular complexity index is 2640. The van der Waals surface area contributed by atoms with Gasteiger partial charge in [-0.15, -0.1) is 0 Å². The van der Waals surface area contributed by atoms with Crippen molar-refractivity contribution in [2.45, 2.75) is 0 Å². The van der Waals surface area contributed by atoms with E-state index in [1.54, 1.807) is 0 Å². The molecule has 0 atom stereocenters. The van der Waals surface area contributed by atoms with Crippen molar-refractivity contribution in [2.75, 3.05) is 5.43 Å². The molecule has 0 unspecified atom stereocenters. The Kier molecular flexibility index (Phi) is 6.91. The van der Waals surface area contributed by atoms with Crippen molar-refractivity contribution in [1.29, 1.82) is 5.41 Å². The van der Waals surface area contributed by atoms with Gasteiger partial charge in [-0.2, -0.15) is 5.10 Å². The van der Waals surface area contributed by atoms with Crippen LogP contribution in [0.3, 0.4) is 0 Å². The van der Waals surface area contributed by atoms with E-state index in [4.69, 9.17) is 5.41 Å². The number of nitrogens with zero attached hydrogens (tertiary/aromatic N) is 2. The van der Waals surface area contributed by atoms with Crippen LogP contribution in [-0.2, 0) is 0 Å². The molecule has 1 aliphatic carbocycles. The summed E-state index contributed by atoms with van der Waals surface area (Å²) < 4.78 is 0. The number of pyridine rings is 1. The molecule has 8 aromatic rings. The van der Waals surface area contributed by atoms with Crippen molar-refractivity contribution in [1.82, 2.24) is 4.98 Å². The lowest BCUT2D eigenvalue weighted by molar-refractivity contribution is 1.34. The minimum absolute atomic E-state index is 0.357. The van der Waals surface area contributed by atoms with Crippen LogP contribution in [0.25, 0.3) is 71.0 Å². The van der Waals surface area contributed by atoms with Gasteiger partial charge < -0.3 is 0 Å². The predicted octanol–water partition coefficient (Wildman–Crippen LogP) is 11.5. The molecule has 0 fully saturated rings. The highest BCUT2D eigenvalue weighted by atomic mass is 15.3. The summed E-state index contributed by atoms with van der Waals surface area (Å²) in [6, 6.07) is 50.9. The molecule has 0 aliphatic heterocycles. The van der Waals surface area contributed by atoms with Crippen LogP contribution in [0.1, 0.15) is 5.56 Å². The normalized spacial score (nSPS) is 13.8. The summed E-state index contributed by atoms with van der Waals surface area (Å²) in [5.41, 5.74) is 12.6. The number of anilines is 1. The summed E-state index contributed by atoms with van der Waals surface area (Å²) in [5, 5.41) is 21.9. The van der Waals surface area contributed by atoms with Crippen LogP contribution in [0, 0.1) is 5.41 Å². The molecule has 230 valence electrons. The highest BCUT2D eigenvalue weighted by molar-refractivity contribution is 6.52. The molecule has 0 spiro atoms. The van der Waals surface area contributed by atoms with Gasteiger partial charge >= 0.3 is 0 Å². The largest absolute Gasteiger partial charge is 0.299 e. The number of hydrazone groups is 1. The average Bonchev–Trinajstić information content (AvgIpc) is 3.16. The van der Waals surface area contributed by atoms with Crippen molar-refractivity contribution >= 4 is 65.9 Å². The van der Waals surface area contributed by atoms with Crippen molar-refractivity contribution in [3.05, 3.63) is 176 Å². The molecule has 1 aromatic heterocycles. The summed E-state index contributed by atoms with van der Waals surface area (Å²) in [6.07, 6.45) is 7.85. The van der Waals surface area contributed by atoms with E-state index < -0.39 is 0 Å². The fourth-order valence-corrected chi connectivity index (χ4v) is 6.98. The monoisotopic (exact) mass is 626 g/mol. The molecule has 2 N–H and O–H groups in total. The molecular formula is C45H30N4. The highest BCUT2D eigenvalue weighted by Crippen LogP contribution is 2.43. The van der Waals surface area contributed by atoms with Gasteiger partial charge in [0.15, 0.2) is 0 Å². The zero-order valence-electron chi connectivity index (χ0n) is 26.6. The van der Waals surface area contributed by atoms with Crippen LogP contribution in [0.2, 0.25) is 0 Å². The summed E-state index contributed by atoms with van der Waals surface area (Å²) in [5.74, 6) is 0. The second-order valence-corrected chi connectivity index (χ2v) is 12.4. The number of allylic oxidation sites excluding steroid dienone is 4. The fourth-order valence-electron chi connectivity index (χ4n) is 6.98. The number of hydrogen-bond donors (Lipinski definition) is 2. The number of benzene rings is 7. The van der Waals surface area contributed by atoms with E-state index in [-0.39, 0.29) is 0 Å². The van der Waals surface area contributed by atoms with Gasteiger partial charge in [0, 0.05) is 17.1 Å². The van der Waals surface area contributed by atoms with E-state index in [0.717, 1.165) is 49.6 Å². The first-order chi connectivity index (χ1) is 24.2. The zero-order chi connectivity index (χ0) is 32.7. The van der Waals surface area contributed by atoms with Gasteiger partial charge in [0.1, 0.15) is 5.71 Å². The minimum atomic E-state index is 0.357. The van der Waals surface area contributed by atoms with Crippen LogP contribution in [-0.4, -0.2) is 16.4 Å². The molecule has 1 aliphatic rings. The molecule has 9 rings (SSSR count). The number of para-hydroxylation sites is 1. The average molecular weight is 627 g/mol. The third-order valence-corrected chi connectivity index (χ3v) is 9.37. The Balaban J connectivity index is 1.04. The van der Waals surface area contributed by atoms with Gasteiger partial charge in [-0.1, -0.05) is 121 Å². The van der Waals surface area contributed by atoms with E-state index in [9.17, 15) is 0 Å². The number of fused-ring (bicyclic) bond motifs is 4. The SMILES string of the molecule is N=C1C=C(c2c3ccccc3c(-c3ccc4ccccc4c3)c3ccccc23)C=C/C1=N/Nc1ccc(-c2cnc3ccccc3c2)cc1. The molecular weight excluding hydrogens is 597 g/mol. The summed E-state index contributed by atoms with van der Waals surface area (Å²) in [7, 11) is 0. The van der Waals surface area contributed by atoms with Crippen molar-refractivity contribution < 1.29 is 0 Å². The molecule has 49 heavy (non-hydrogen) atoms. The fraction of sp³-hybridized carbons (Fsp3) is 0. The van der Waals surface area contributed by atoms with Gasteiger partial charge in [0.05, 0.1) is 16.9 Å². The summed E-state index contributed by atoms with van der Waals surface area (Å²) in [4.78, 5) is 4.60. The Morgan fingerprint density at radius 1 is 0.510 bits per heavy atom. The minimum Gasteiger partial charge on any atom is -0.299 e. The van der Waals surface area contributed by atoms with Crippen LogP contribution in [0.4, 0.5) is 5.69 Å². The van der Waals surface area contributed by atoms with E-state index in [2.05, 4.69) is 137 Å². The Morgan fingerprint density at radius 2 is 1.10 bits per heavy atom. The molecule has 4 nitrogen and oxygen atoms in total. The van der Waals surface area contributed by atoms with Crippen LogP contribution >= 0.6 is 0 Å². The van der Waals surface area contributed by atoms with Crippen LogP contribution in [0.5, 0.6) is 0 Å². The topological polar surface area (TPSA) is 61.1 Å². The predicted molar refractivity (Wildman–Crippen MR) is 207 cm³/mol. The molecule has 0 amide bonds. The quantitative estimate of drug-likeness (QED) is 0.113. The van der Waals surface area contributed by atoms with Crippen molar-refractivity contribution in [3.63, 3.8) is 0 Å². The lowest BCUT2D eigenvalue weighted by Gasteiger charge is -2.19. The van der Waals surface area contributed by atoms with Crippen LogP contribution in [0.15, 0.2) is 175 Å². The lowest BCUT2D eigenvalue weighted by Crippen LogP contribution is -2.13. The van der Waals surface area contributed by atoms with E-state index in [1.807, 2.05) is 48.7 Å².